The number of likely N-dealkylation sites (tertiary alicyclic amines) is 1. The van der Waals surface area contributed by atoms with E-state index in [1.165, 1.54) is 7.11 Å². The van der Waals surface area contributed by atoms with E-state index in [0.29, 0.717) is 28.7 Å². The fraction of sp³-hybridized carbons (Fsp3) is 0.240. The zero-order valence-corrected chi connectivity index (χ0v) is 21.9. The van der Waals surface area contributed by atoms with E-state index in [2.05, 4.69) is 0 Å². The normalized spacial score (nSPS) is 18.8. The summed E-state index contributed by atoms with van der Waals surface area (Å²) in [6.45, 7) is 0.0590. The van der Waals surface area contributed by atoms with E-state index in [9.17, 15) is 19.2 Å². The van der Waals surface area contributed by atoms with Crippen molar-refractivity contribution in [1.82, 2.24) is 9.80 Å². The van der Waals surface area contributed by atoms with Crippen molar-refractivity contribution in [2.24, 2.45) is 0 Å². The van der Waals surface area contributed by atoms with Crippen molar-refractivity contribution in [3.8, 4) is 11.5 Å². The van der Waals surface area contributed by atoms with Gasteiger partial charge in [0.05, 0.1) is 24.9 Å². The number of hydrogen-bond acceptors (Lipinski definition) is 8. The molecule has 4 rings (SSSR count). The molecule has 2 aliphatic rings. The number of carbonyl (C=O) groups is 4. The molecule has 0 saturated carbocycles. The van der Waals surface area contributed by atoms with Crippen molar-refractivity contribution in [3.05, 3.63) is 63.5 Å². The topological polar surface area (TPSA) is 113 Å². The van der Waals surface area contributed by atoms with Gasteiger partial charge >= 0.3 is 5.97 Å². The lowest BCUT2D eigenvalue weighted by Crippen LogP contribution is -2.44. The molecule has 2 heterocycles. The molecule has 9 nitrogen and oxygen atoms in total. The number of halogens is 1. The molecule has 0 spiro atoms. The zero-order chi connectivity index (χ0) is 26.7. The third kappa shape index (κ3) is 5.95. The molecule has 2 aromatic rings. The van der Waals surface area contributed by atoms with Crippen LogP contribution in [0, 0.1) is 0 Å². The number of carboxylic acids is 1. The van der Waals surface area contributed by atoms with Gasteiger partial charge in [-0.25, -0.2) is 0 Å². The molecular weight excluding hydrogens is 540 g/mol. The maximum absolute atomic E-state index is 13.1. The Hall–Kier alpha value is -3.41. The number of carbonyl (C=O) groups excluding carboxylic acids is 3. The molecular formula is C25H21ClN2O7S2. The molecule has 0 radical (unpaired) electrons. The summed E-state index contributed by atoms with van der Waals surface area (Å²) in [4.78, 5) is 51.3. The molecule has 12 heteroatoms. The highest BCUT2D eigenvalue weighted by molar-refractivity contribution is 8.26. The molecule has 0 bridgehead atoms. The molecule has 3 amide bonds. The lowest BCUT2D eigenvalue weighted by atomic mass is 10.1. The Morgan fingerprint density at radius 1 is 1.19 bits per heavy atom. The predicted molar refractivity (Wildman–Crippen MR) is 141 cm³/mol. The maximum Gasteiger partial charge on any atom is 0.305 e. The molecule has 2 saturated heterocycles. The molecule has 192 valence electrons. The van der Waals surface area contributed by atoms with Crippen LogP contribution in [0.5, 0.6) is 11.5 Å². The molecule has 0 aromatic heterocycles. The van der Waals surface area contributed by atoms with Crippen molar-refractivity contribution in [2.75, 3.05) is 13.7 Å². The highest BCUT2D eigenvalue weighted by atomic mass is 35.5. The van der Waals surface area contributed by atoms with Crippen molar-refractivity contribution in [2.45, 2.75) is 25.5 Å². The Kier molecular flexibility index (Phi) is 8.16. The number of thioether (sulfide) groups is 1. The summed E-state index contributed by atoms with van der Waals surface area (Å²) in [6, 6.07) is 11.4. The van der Waals surface area contributed by atoms with Crippen LogP contribution in [-0.4, -0.2) is 62.6 Å². The Morgan fingerprint density at radius 3 is 2.59 bits per heavy atom. The maximum atomic E-state index is 13.1. The van der Waals surface area contributed by atoms with Crippen molar-refractivity contribution < 1.29 is 33.8 Å². The fourth-order valence-electron chi connectivity index (χ4n) is 3.84. The summed E-state index contributed by atoms with van der Waals surface area (Å²) < 4.78 is 11.5. The number of rotatable bonds is 9. The number of benzene rings is 2. The van der Waals surface area contributed by atoms with Gasteiger partial charge in [0.25, 0.3) is 11.8 Å². The number of nitrogens with zero attached hydrogens (tertiary/aromatic N) is 2. The van der Waals surface area contributed by atoms with Crippen LogP contribution in [0.15, 0.2) is 47.4 Å². The van der Waals surface area contributed by atoms with Gasteiger partial charge < -0.3 is 14.6 Å². The van der Waals surface area contributed by atoms with E-state index in [1.807, 2.05) is 12.1 Å². The Morgan fingerprint density at radius 2 is 1.92 bits per heavy atom. The Labute approximate surface area is 227 Å². The number of aliphatic carboxylic acids is 1. The largest absolute Gasteiger partial charge is 0.493 e. The molecule has 1 unspecified atom stereocenters. The number of thiocarbonyl (C=S) groups is 1. The Bertz CT molecular complexity index is 1310. The summed E-state index contributed by atoms with van der Waals surface area (Å²) in [5, 5.41) is 9.50. The number of amides is 3. The summed E-state index contributed by atoms with van der Waals surface area (Å²) in [6.07, 6.45) is 1.00. The van der Waals surface area contributed by atoms with Crippen LogP contribution in [0.3, 0.4) is 0 Å². The van der Waals surface area contributed by atoms with E-state index in [0.717, 1.165) is 27.1 Å². The van der Waals surface area contributed by atoms with Gasteiger partial charge in [0.15, 0.2) is 11.5 Å². The van der Waals surface area contributed by atoms with E-state index in [-0.39, 0.29) is 28.6 Å². The van der Waals surface area contributed by atoms with Crippen LogP contribution in [0.1, 0.15) is 24.0 Å². The molecule has 2 fully saturated rings. The monoisotopic (exact) mass is 560 g/mol. The first-order chi connectivity index (χ1) is 17.7. The SMILES string of the molecule is COc1cc(/C=C2\SC(=S)N(C3CC(=O)N(CCC(=O)O)C3=O)C2=O)ccc1OCc1ccc(Cl)cc1. The third-order valence-electron chi connectivity index (χ3n) is 5.70. The molecule has 2 aliphatic heterocycles. The highest BCUT2D eigenvalue weighted by Crippen LogP contribution is 2.37. The second-order valence-corrected chi connectivity index (χ2v) is 10.2. The molecule has 1 N–H and O–H groups in total. The van der Waals surface area contributed by atoms with Crippen LogP contribution in [0.2, 0.25) is 5.02 Å². The van der Waals surface area contributed by atoms with Crippen LogP contribution in [-0.2, 0) is 25.8 Å². The standard InChI is InChI=1S/C25H21ClN2O7S2/c1-34-19-10-15(4-7-18(19)35-13-14-2-5-16(26)6-3-14)11-20-24(33)28(25(36)37-20)17-12-21(29)27(23(17)32)9-8-22(30)31/h2-7,10-11,17H,8-9,12-13H2,1H3,(H,30,31)/b20-11-. The first kappa shape index (κ1) is 26.6. The van der Waals surface area contributed by atoms with Gasteiger partial charge in [-0.2, -0.15) is 0 Å². The zero-order valence-electron chi connectivity index (χ0n) is 19.5. The average molecular weight is 561 g/mol. The van der Waals surface area contributed by atoms with Crippen LogP contribution in [0.25, 0.3) is 6.08 Å². The van der Waals surface area contributed by atoms with Gasteiger partial charge in [-0.05, 0) is 41.5 Å². The molecule has 0 aliphatic carbocycles. The minimum Gasteiger partial charge on any atom is -0.493 e. The lowest BCUT2D eigenvalue weighted by molar-refractivity contribution is -0.142. The van der Waals surface area contributed by atoms with Crippen molar-refractivity contribution >= 4 is 69.7 Å². The van der Waals surface area contributed by atoms with Gasteiger partial charge in [-0.1, -0.05) is 53.8 Å². The molecule has 37 heavy (non-hydrogen) atoms. The first-order valence-electron chi connectivity index (χ1n) is 11.1. The molecule has 2 aromatic carbocycles. The summed E-state index contributed by atoms with van der Waals surface area (Å²) in [5.74, 6) is -1.82. The average Bonchev–Trinajstić information content (AvgIpc) is 3.30. The van der Waals surface area contributed by atoms with Gasteiger partial charge in [0, 0.05) is 11.6 Å². The number of carboxylic acid groups (broad SMARTS) is 1. The third-order valence-corrected chi connectivity index (χ3v) is 7.28. The summed E-state index contributed by atoms with van der Waals surface area (Å²) in [5.41, 5.74) is 1.58. The van der Waals surface area contributed by atoms with Gasteiger partial charge in [0.1, 0.15) is 17.0 Å². The van der Waals surface area contributed by atoms with E-state index in [1.54, 1.807) is 36.4 Å². The van der Waals surface area contributed by atoms with Crippen LogP contribution < -0.4 is 9.47 Å². The van der Waals surface area contributed by atoms with E-state index in [4.69, 9.17) is 38.4 Å². The highest BCUT2D eigenvalue weighted by Gasteiger charge is 2.48. The van der Waals surface area contributed by atoms with Gasteiger partial charge in [-0.3, -0.25) is 29.0 Å². The van der Waals surface area contributed by atoms with E-state index < -0.39 is 29.7 Å². The second-order valence-electron chi connectivity index (χ2n) is 8.12. The van der Waals surface area contributed by atoms with Crippen LogP contribution >= 0.6 is 35.6 Å². The summed E-state index contributed by atoms with van der Waals surface area (Å²) in [7, 11) is 1.51. The second kappa shape index (κ2) is 11.3. The van der Waals surface area contributed by atoms with Crippen molar-refractivity contribution in [1.29, 1.82) is 0 Å². The number of methoxy groups -OCH3 is 1. The minimum absolute atomic E-state index is 0.150. The van der Waals surface area contributed by atoms with Crippen molar-refractivity contribution in [3.63, 3.8) is 0 Å². The first-order valence-corrected chi connectivity index (χ1v) is 12.7. The Balaban J connectivity index is 1.48. The number of hydrogen-bond donors (Lipinski definition) is 1. The summed E-state index contributed by atoms with van der Waals surface area (Å²) >= 11 is 12.3. The fourth-order valence-corrected chi connectivity index (χ4v) is 5.33. The smallest absolute Gasteiger partial charge is 0.305 e. The minimum atomic E-state index is -1.13. The van der Waals surface area contributed by atoms with Gasteiger partial charge in [0.2, 0.25) is 5.91 Å². The molecule has 1 atom stereocenters. The number of ether oxygens (including phenoxy) is 2. The van der Waals surface area contributed by atoms with Gasteiger partial charge in [-0.15, -0.1) is 0 Å². The van der Waals surface area contributed by atoms with E-state index >= 15 is 0 Å². The quantitative estimate of drug-likeness (QED) is 0.278. The predicted octanol–water partition coefficient (Wildman–Crippen LogP) is 3.73. The van der Waals surface area contributed by atoms with Crippen LogP contribution in [0.4, 0.5) is 0 Å². The number of imide groups is 1. The lowest BCUT2D eigenvalue weighted by Gasteiger charge is -2.21.